The molecule has 0 aliphatic carbocycles. The van der Waals surface area contributed by atoms with Crippen molar-refractivity contribution < 1.29 is 9.84 Å². The molecule has 0 fully saturated rings. The van der Waals surface area contributed by atoms with Crippen molar-refractivity contribution in [2.24, 2.45) is 0 Å². The van der Waals surface area contributed by atoms with Crippen LogP contribution in [-0.4, -0.2) is 11.4 Å². The summed E-state index contributed by atoms with van der Waals surface area (Å²) in [5, 5.41) is 10.2. The molecular formula is C16H16O2S. The molecule has 0 radical (unpaired) electrons. The molecule has 3 rings (SSSR count). The van der Waals surface area contributed by atoms with Gasteiger partial charge in [-0.1, -0.05) is 30.3 Å². The highest BCUT2D eigenvalue weighted by molar-refractivity contribution is 7.98. The summed E-state index contributed by atoms with van der Waals surface area (Å²) in [5.74, 6) is 0.792. The average molecular weight is 272 g/mol. The molecule has 98 valence electrons. The van der Waals surface area contributed by atoms with Gasteiger partial charge in [0, 0.05) is 16.9 Å². The molecule has 1 N–H and O–H groups in total. The summed E-state index contributed by atoms with van der Waals surface area (Å²) in [6, 6.07) is 16.1. The van der Waals surface area contributed by atoms with Gasteiger partial charge in [-0.3, -0.25) is 0 Å². The van der Waals surface area contributed by atoms with Gasteiger partial charge in [-0.15, -0.1) is 11.8 Å². The first-order chi connectivity index (χ1) is 9.28. The number of hydrogen-bond donors (Lipinski definition) is 1. The fourth-order valence-electron chi connectivity index (χ4n) is 2.42. The second kappa shape index (κ2) is 5.27. The number of ether oxygens (including phenoxy) is 1. The van der Waals surface area contributed by atoms with Crippen molar-refractivity contribution in [3.63, 3.8) is 0 Å². The number of aliphatic hydroxyl groups is 1. The monoisotopic (exact) mass is 272 g/mol. The van der Waals surface area contributed by atoms with Crippen LogP contribution in [0.15, 0.2) is 53.4 Å². The smallest absolute Gasteiger partial charge is 0.127 e. The van der Waals surface area contributed by atoms with Crippen molar-refractivity contribution >= 4 is 11.8 Å². The summed E-state index contributed by atoms with van der Waals surface area (Å²) in [5.41, 5.74) is 2.01. The van der Waals surface area contributed by atoms with Crippen molar-refractivity contribution in [3.05, 3.63) is 59.7 Å². The van der Waals surface area contributed by atoms with Gasteiger partial charge in [0.25, 0.3) is 0 Å². The quantitative estimate of drug-likeness (QED) is 0.839. The van der Waals surface area contributed by atoms with E-state index in [2.05, 4.69) is 30.5 Å². The molecule has 0 bridgehead atoms. The Morgan fingerprint density at radius 1 is 1.11 bits per heavy atom. The van der Waals surface area contributed by atoms with Crippen LogP contribution in [0.4, 0.5) is 0 Å². The predicted octanol–water partition coefficient (Wildman–Crippen LogP) is 3.97. The number of hydrogen-bond acceptors (Lipinski definition) is 3. The Balaban J connectivity index is 1.87. The van der Waals surface area contributed by atoms with Crippen LogP contribution >= 0.6 is 11.8 Å². The Morgan fingerprint density at radius 2 is 1.84 bits per heavy atom. The largest absolute Gasteiger partial charge is 0.485 e. The van der Waals surface area contributed by atoms with Crippen LogP contribution in [-0.2, 0) is 0 Å². The molecule has 0 spiro atoms. The molecule has 2 unspecified atom stereocenters. The van der Waals surface area contributed by atoms with Crippen LogP contribution < -0.4 is 4.74 Å². The van der Waals surface area contributed by atoms with Crippen molar-refractivity contribution in [2.75, 3.05) is 6.26 Å². The standard InChI is InChI=1S/C16H16O2S/c1-19-12-8-6-11(7-9-12)16-10-14(17)13-4-2-3-5-15(13)18-16/h2-9,14,16-17H,10H2,1H3. The molecule has 2 aromatic rings. The van der Waals surface area contributed by atoms with E-state index >= 15 is 0 Å². The lowest BCUT2D eigenvalue weighted by atomic mass is 9.95. The van der Waals surface area contributed by atoms with Crippen LogP contribution in [0.1, 0.15) is 29.8 Å². The fraction of sp³-hybridized carbons (Fsp3) is 0.250. The third-order valence-electron chi connectivity index (χ3n) is 3.47. The van der Waals surface area contributed by atoms with E-state index in [4.69, 9.17) is 4.74 Å². The third kappa shape index (κ3) is 2.48. The minimum Gasteiger partial charge on any atom is -0.485 e. The Labute approximate surface area is 117 Å². The Kier molecular flexibility index (Phi) is 3.49. The molecule has 19 heavy (non-hydrogen) atoms. The van der Waals surface area contributed by atoms with Crippen molar-refractivity contribution in [1.29, 1.82) is 0 Å². The van der Waals surface area contributed by atoms with Gasteiger partial charge in [0.15, 0.2) is 0 Å². The summed E-state index contributed by atoms with van der Waals surface area (Å²) >= 11 is 1.72. The van der Waals surface area contributed by atoms with E-state index in [1.165, 1.54) is 4.90 Å². The number of fused-ring (bicyclic) bond motifs is 1. The molecule has 0 aromatic heterocycles. The van der Waals surface area contributed by atoms with E-state index in [-0.39, 0.29) is 6.10 Å². The van der Waals surface area contributed by atoms with Gasteiger partial charge in [-0.25, -0.2) is 0 Å². The van der Waals surface area contributed by atoms with Crippen LogP contribution in [0.3, 0.4) is 0 Å². The van der Waals surface area contributed by atoms with E-state index in [9.17, 15) is 5.11 Å². The van der Waals surface area contributed by atoms with Crippen molar-refractivity contribution in [1.82, 2.24) is 0 Å². The lowest BCUT2D eigenvalue weighted by molar-refractivity contribution is 0.0657. The van der Waals surface area contributed by atoms with Crippen molar-refractivity contribution in [2.45, 2.75) is 23.5 Å². The van der Waals surface area contributed by atoms with Crippen LogP contribution in [0, 0.1) is 0 Å². The fourth-order valence-corrected chi connectivity index (χ4v) is 2.83. The first-order valence-corrected chi connectivity index (χ1v) is 7.58. The number of rotatable bonds is 2. The highest BCUT2D eigenvalue weighted by Gasteiger charge is 2.27. The zero-order valence-electron chi connectivity index (χ0n) is 10.7. The molecule has 0 saturated carbocycles. The number of thioether (sulfide) groups is 1. The van der Waals surface area contributed by atoms with Gasteiger partial charge in [0.1, 0.15) is 11.9 Å². The summed E-state index contributed by atoms with van der Waals surface area (Å²) in [7, 11) is 0. The topological polar surface area (TPSA) is 29.5 Å². The zero-order chi connectivity index (χ0) is 13.2. The van der Waals surface area contributed by atoms with Gasteiger partial charge >= 0.3 is 0 Å². The van der Waals surface area contributed by atoms with E-state index in [1.54, 1.807) is 11.8 Å². The lowest BCUT2D eigenvalue weighted by Crippen LogP contribution is -2.18. The maximum Gasteiger partial charge on any atom is 0.127 e. The normalized spacial score (nSPS) is 21.6. The third-order valence-corrected chi connectivity index (χ3v) is 4.22. The lowest BCUT2D eigenvalue weighted by Gasteiger charge is -2.29. The maximum atomic E-state index is 10.2. The van der Waals surface area contributed by atoms with Gasteiger partial charge in [-0.2, -0.15) is 0 Å². The molecule has 0 saturated heterocycles. The van der Waals surface area contributed by atoms with E-state index in [1.807, 2.05) is 24.3 Å². The summed E-state index contributed by atoms with van der Waals surface area (Å²) in [6.07, 6.45) is 2.15. The minimum absolute atomic E-state index is 0.0687. The molecule has 1 heterocycles. The van der Waals surface area contributed by atoms with Crippen molar-refractivity contribution in [3.8, 4) is 5.75 Å². The van der Waals surface area contributed by atoms with Gasteiger partial charge in [0.2, 0.25) is 0 Å². The molecule has 2 aromatic carbocycles. The Morgan fingerprint density at radius 3 is 2.58 bits per heavy atom. The average Bonchev–Trinajstić information content (AvgIpc) is 2.47. The first kappa shape index (κ1) is 12.6. The molecular weight excluding hydrogens is 256 g/mol. The molecule has 1 aliphatic rings. The molecule has 2 atom stereocenters. The Hall–Kier alpha value is -1.45. The number of benzene rings is 2. The van der Waals surface area contributed by atoms with Crippen LogP contribution in [0.25, 0.3) is 0 Å². The van der Waals surface area contributed by atoms with E-state index in [0.717, 1.165) is 16.9 Å². The number of aliphatic hydroxyl groups excluding tert-OH is 1. The highest BCUT2D eigenvalue weighted by atomic mass is 32.2. The van der Waals surface area contributed by atoms with Crippen LogP contribution in [0.5, 0.6) is 5.75 Å². The summed E-state index contributed by atoms with van der Waals surface area (Å²) in [4.78, 5) is 1.24. The number of para-hydroxylation sites is 1. The van der Waals surface area contributed by atoms with Crippen LogP contribution in [0.2, 0.25) is 0 Å². The molecule has 0 amide bonds. The second-order valence-corrected chi connectivity index (χ2v) is 5.55. The predicted molar refractivity (Wildman–Crippen MR) is 77.6 cm³/mol. The second-order valence-electron chi connectivity index (χ2n) is 4.67. The Bertz CT molecular complexity index is 565. The molecule has 3 heteroatoms. The van der Waals surface area contributed by atoms with Gasteiger partial charge in [0.05, 0.1) is 6.10 Å². The molecule has 1 aliphatic heterocycles. The maximum absolute atomic E-state index is 10.2. The highest BCUT2D eigenvalue weighted by Crippen LogP contribution is 2.40. The van der Waals surface area contributed by atoms with Gasteiger partial charge in [-0.05, 0) is 30.0 Å². The molecule has 2 nitrogen and oxygen atoms in total. The van der Waals surface area contributed by atoms with E-state index in [0.29, 0.717) is 6.42 Å². The summed E-state index contributed by atoms with van der Waals surface area (Å²) in [6.45, 7) is 0. The minimum atomic E-state index is -0.449. The zero-order valence-corrected chi connectivity index (χ0v) is 11.6. The first-order valence-electron chi connectivity index (χ1n) is 6.35. The SMILES string of the molecule is CSc1ccc(C2CC(O)c3ccccc3O2)cc1. The van der Waals surface area contributed by atoms with Gasteiger partial charge < -0.3 is 9.84 Å². The summed E-state index contributed by atoms with van der Waals surface area (Å²) < 4.78 is 6.00. The van der Waals surface area contributed by atoms with E-state index < -0.39 is 6.10 Å².